The van der Waals surface area contributed by atoms with E-state index in [1.807, 2.05) is 20.8 Å². The summed E-state index contributed by atoms with van der Waals surface area (Å²) in [6.45, 7) is 8.82. The molecule has 2 heteroatoms. The quantitative estimate of drug-likeness (QED) is 0.350. The van der Waals surface area contributed by atoms with Crippen molar-refractivity contribution in [3.8, 4) is 0 Å². The minimum Gasteiger partial charge on any atom is -0.236 e. The van der Waals surface area contributed by atoms with Crippen molar-refractivity contribution in [2.45, 2.75) is 52.6 Å². The molecule has 0 heterocycles. The third-order valence-electron chi connectivity index (χ3n) is 1.14. The van der Waals surface area contributed by atoms with Gasteiger partial charge < -0.3 is 0 Å². The lowest BCUT2D eigenvalue weighted by atomic mass is 10.2. The molecule has 11 heavy (non-hydrogen) atoms. The van der Waals surface area contributed by atoms with Gasteiger partial charge in [0, 0.05) is 0 Å². The number of hydrogen-bond donors (Lipinski definition) is 0. The highest BCUT2D eigenvalue weighted by Gasteiger charge is 2.10. The zero-order valence-corrected chi connectivity index (χ0v) is 8.14. The minimum atomic E-state index is -0.174. The summed E-state index contributed by atoms with van der Waals surface area (Å²) >= 11 is 0. The Labute approximate surface area is 69.8 Å². The van der Waals surface area contributed by atoms with Crippen molar-refractivity contribution < 1.29 is 9.78 Å². The Morgan fingerprint density at radius 2 is 1.73 bits per heavy atom. The summed E-state index contributed by atoms with van der Waals surface area (Å²) in [7, 11) is 0. The SMILES string of the molecule is CCCCCOOC(C)(C)C. The van der Waals surface area contributed by atoms with Crippen LogP contribution >= 0.6 is 0 Å². The molecule has 0 rings (SSSR count). The molecule has 0 aliphatic heterocycles. The molecule has 0 bridgehead atoms. The molecular formula is C9H20O2. The van der Waals surface area contributed by atoms with Gasteiger partial charge in [0.25, 0.3) is 0 Å². The maximum Gasteiger partial charge on any atom is 0.0952 e. The van der Waals surface area contributed by atoms with Crippen molar-refractivity contribution >= 4 is 0 Å². The molecule has 0 spiro atoms. The van der Waals surface area contributed by atoms with Crippen LogP contribution in [0.1, 0.15) is 47.0 Å². The second kappa shape index (κ2) is 5.56. The van der Waals surface area contributed by atoms with Gasteiger partial charge in [0.1, 0.15) is 0 Å². The van der Waals surface area contributed by atoms with Gasteiger partial charge in [-0.1, -0.05) is 19.8 Å². The Morgan fingerprint density at radius 1 is 1.09 bits per heavy atom. The fourth-order valence-corrected chi connectivity index (χ4v) is 0.629. The van der Waals surface area contributed by atoms with E-state index in [1.54, 1.807) is 0 Å². The van der Waals surface area contributed by atoms with Crippen molar-refractivity contribution in [1.29, 1.82) is 0 Å². The number of hydrogen-bond acceptors (Lipinski definition) is 2. The molecular weight excluding hydrogens is 140 g/mol. The highest BCUT2D eigenvalue weighted by molar-refractivity contribution is 4.54. The first-order chi connectivity index (χ1) is 5.06. The van der Waals surface area contributed by atoms with Gasteiger partial charge in [0.05, 0.1) is 12.2 Å². The van der Waals surface area contributed by atoms with Crippen LogP contribution < -0.4 is 0 Å². The Bertz CT molecular complexity index is 84.1. The third-order valence-corrected chi connectivity index (χ3v) is 1.14. The first-order valence-electron chi connectivity index (χ1n) is 4.37. The molecule has 0 saturated carbocycles. The Kier molecular flexibility index (Phi) is 5.51. The average Bonchev–Trinajstić information content (AvgIpc) is 1.85. The highest BCUT2D eigenvalue weighted by atomic mass is 17.2. The van der Waals surface area contributed by atoms with E-state index < -0.39 is 0 Å². The second-order valence-corrected chi connectivity index (χ2v) is 3.72. The van der Waals surface area contributed by atoms with E-state index in [9.17, 15) is 0 Å². The predicted octanol–water partition coefficient (Wildman–Crippen LogP) is 2.92. The minimum absolute atomic E-state index is 0.174. The van der Waals surface area contributed by atoms with Gasteiger partial charge in [0.2, 0.25) is 0 Å². The molecule has 0 fully saturated rings. The molecule has 0 aliphatic rings. The standard InChI is InChI=1S/C9H20O2/c1-5-6-7-8-10-11-9(2,3)4/h5-8H2,1-4H3. The van der Waals surface area contributed by atoms with Crippen LogP contribution in [0.3, 0.4) is 0 Å². The maximum atomic E-state index is 5.08. The molecule has 2 nitrogen and oxygen atoms in total. The summed E-state index contributed by atoms with van der Waals surface area (Å²) in [5, 5.41) is 0. The second-order valence-electron chi connectivity index (χ2n) is 3.72. The van der Waals surface area contributed by atoms with Crippen LogP contribution in [0.15, 0.2) is 0 Å². The molecule has 0 aromatic carbocycles. The molecule has 0 aromatic rings. The summed E-state index contributed by atoms with van der Waals surface area (Å²) in [6, 6.07) is 0. The van der Waals surface area contributed by atoms with Crippen LogP contribution in [0.4, 0.5) is 0 Å². The van der Waals surface area contributed by atoms with Crippen LogP contribution in [0, 0.1) is 0 Å². The van der Waals surface area contributed by atoms with Gasteiger partial charge in [-0.2, -0.15) is 0 Å². The lowest BCUT2D eigenvalue weighted by Crippen LogP contribution is -2.19. The lowest BCUT2D eigenvalue weighted by molar-refractivity contribution is -0.348. The van der Waals surface area contributed by atoms with Crippen LogP contribution in [0.2, 0.25) is 0 Å². The van der Waals surface area contributed by atoms with Gasteiger partial charge in [-0.3, -0.25) is 0 Å². The lowest BCUT2D eigenvalue weighted by Gasteiger charge is -2.17. The molecule has 0 atom stereocenters. The molecule has 0 aromatic heterocycles. The molecule has 0 N–H and O–H groups in total. The Balaban J connectivity index is 3.02. The zero-order valence-electron chi connectivity index (χ0n) is 8.14. The van der Waals surface area contributed by atoms with Crippen LogP contribution in [-0.4, -0.2) is 12.2 Å². The monoisotopic (exact) mass is 160 g/mol. The van der Waals surface area contributed by atoms with E-state index in [0.29, 0.717) is 6.61 Å². The normalized spacial score (nSPS) is 12.0. The van der Waals surface area contributed by atoms with Crippen molar-refractivity contribution in [3.05, 3.63) is 0 Å². The van der Waals surface area contributed by atoms with E-state index in [2.05, 4.69) is 6.92 Å². The van der Waals surface area contributed by atoms with Crippen LogP contribution in [0.5, 0.6) is 0 Å². The summed E-state index contributed by atoms with van der Waals surface area (Å²) in [5.74, 6) is 0. The van der Waals surface area contributed by atoms with E-state index >= 15 is 0 Å². The summed E-state index contributed by atoms with van der Waals surface area (Å²) in [4.78, 5) is 10.1. The summed E-state index contributed by atoms with van der Waals surface area (Å²) in [5.41, 5.74) is -0.174. The fourth-order valence-electron chi connectivity index (χ4n) is 0.629. The van der Waals surface area contributed by atoms with E-state index in [-0.39, 0.29) is 5.60 Å². The molecule has 0 amide bonds. The van der Waals surface area contributed by atoms with Gasteiger partial charge >= 0.3 is 0 Å². The predicted molar refractivity (Wildman–Crippen MR) is 46.3 cm³/mol. The van der Waals surface area contributed by atoms with Crippen molar-refractivity contribution in [2.75, 3.05) is 6.61 Å². The van der Waals surface area contributed by atoms with E-state index in [0.717, 1.165) is 6.42 Å². The number of unbranched alkanes of at least 4 members (excludes halogenated alkanes) is 2. The fraction of sp³-hybridized carbons (Fsp3) is 1.00. The smallest absolute Gasteiger partial charge is 0.0952 e. The largest absolute Gasteiger partial charge is 0.236 e. The number of rotatable bonds is 5. The van der Waals surface area contributed by atoms with Crippen molar-refractivity contribution in [2.24, 2.45) is 0 Å². The molecule has 0 radical (unpaired) electrons. The van der Waals surface area contributed by atoms with Gasteiger partial charge in [-0.05, 0) is 27.2 Å². The summed E-state index contributed by atoms with van der Waals surface area (Å²) in [6.07, 6.45) is 3.53. The molecule has 0 aliphatic carbocycles. The van der Waals surface area contributed by atoms with E-state index in [1.165, 1.54) is 12.8 Å². The Morgan fingerprint density at radius 3 is 2.18 bits per heavy atom. The van der Waals surface area contributed by atoms with Crippen molar-refractivity contribution in [3.63, 3.8) is 0 Å². The molecule has 0 saturated heterocycles. The first-order valence-corrected chi connectivity index (χ1v) is 4.37. The molecule has 0 unspecified atom stereocenters. The van der Waals surface area contributed by atoms with Gasteiger partial charge in [-0.25, -0.2) is 9.78 Å². The highest BCUT2D eigenvalue weighted by Crippen LogP contribution is 2.07. The average molecular weight is 160 g/mol. The molecule has 68 valence electrons. The topological polar surface area (TPSA) is 18.5 Å². The van der Waals surface area contributed by atoms with Gasteiger partial charge in [-0.15, -0.1) is 0 Å². The van der Waals surface area contributed by atoms with Crippen molar-refractivity contribution in [1.82, 2.24) is 0 Å². The Hall–Kier alpha value is -0.0800. The zero-order chi connectivity index (χ0) is 8.74. The first kappa shape index (κ1) is 10.9. The summed E-state index contributed by atoms with van der Waals surface area (Å²) < 4.78 is 0. The van der Waals surface area contributed by atoms with E-state index in [4.69, 9.17) is 9.78 Å². The maximum absolute atomic E-state index is 5.08. The van der Waals surface area contributed by atoms with Gasteiger partial charge in [0.15, 0.2) is 0 Å². The van der Waals surface area contributed by atoms with Crippen LogP contribution in [0.25, 0.3) is 0 Å². The third kappa shape index (κ3) is 9.92. The van der Waals surface area contributed by atoms with Crippen LogP contribution in [-0.2, 0) is 9.78 Å².